The fourth-order valence-electron chi connectivity index (χ4n) is 2.04. The highest BCUT2D eigenvalue weighted by molar-refractivity contribution is 7.98. The number of hydrogen-bond acceptors (Lipinski definition) is 3. The van der Waals surface area contributed by atoms with E-state index in [1.165, 1.54) is 23.3 Å². The molecule has 0 aromatic heterocycles. The molecule has 2 nitrogen and oxygen atoms in total. The van der Waals surface area contributed by atoms with Crippen LogP contribution in [0.2, 0.25) is 0 Å². The van der Waals surface area contributed by atoms with Crippen molar-refractivity contribution in [3.05, 3.63) is 35.4 Å². The van der Waals surface area contributed by atoms with Crippen LogP contribution in [0, 0.1) is 0 Å². The third kappa shape index (κ3) is 5.01. The highest BCUT2D eigenvalue weighted by Gasteiger charge is 2.10. The summed E-state index contributed by atoms with van der Waals surface area (Å²) in [5.74, 6) is 1.23. The topological polar surface area (TPSA) is 29.3 Å². The Bertz CT molecular complexity index is 341. The third-order valence-corrected chi connectivity index (χ3v) is 4.09. The van der Waals surface area contributed by atoms with Gasteiger partial charge in [-0.15, -0.1) is 0 Å². The van der Waals surface area contributed by atoms with Crippen LogP contribution in [0.1, 0.15) is 24.5 Å². The van der Waals surface area contributed by atoms with Crippen molar-refractivity contribution in [1.29, 1.82) is 0 Å². The molecule has 0 fully saturated rings. The zero-order valence-electron chi connectivity index (χ0n) is 11.9. The van der Waals surface area contributed by atoms with Crippen LogP contribution in [0.4, 0.5) is 0 Å². The Morgan fingerprint density at radius 2 is 1.94 bits per heavy atom. The van der Waals surface area contributed by atoms with Gasteiger partial charge in [-0.25, -0.2) is 0 Å². The van der Waals surface area contributed by atoms with E-state index in [1.807, 2.05) is 11.8 Å². The molecule has 0 aliphatic rings. The third-order valence-electron chi connectivity index (χ3n) is 3.44. The minimum absolute atomic E-state index is 0.628. The molecule has 3 heteroatoms. The standard InChI is InChI=1S/C15H26N2S/c1-13(9-11-18-3)17(2)12-15-7-5-4-6-14(15)8-10-16/h4-7,13H,8-12,16H2,1-3H3. The van der Waals surface area contributed by atoms with Crippen LogP contribution in [-0.2, 0) is 13.0 Å². The highest BCUT2D eigenvalue weighted by Crippen LogP contribution is 2.14. The maximum Gasteiger partial charge on any atom is 0.0236 e. The molecular formula is C15H26N2S. The van der Waals surface area contributed by atoms with Crippen molar-refractivity contribution in [1.82, 2.24) is 4.90 Å². The summed E-state index contributed by atoms with van der Waals surface area (Å²) in [6.07, 6.45) is 4.39. The molecule has 0 bridgehead atoms. The van der Waals surface area contributed by atoms with E-state index in [2.05, 4.69) is 49.4 Å². The Morgan fingerprint density at radius 3 is 2.56 bits per heavy atom. The Kier molecular flexibility index (Phi) is 7.40. The first-order valence-corrected chi connectivity index (χ1v) is 8.04. The molecule has 2 N–H and O–H groups in total. The fraction of sp³-hybridized carbons (Fsp3) is 0.600. The summed E-state index contributed by atoms with van der Waals surface area (Å²) in [7, 11) is 2.21. The van der Waals surface area contributed by atoms with E-state index in [0.717, 1.165) is 19.5 Å². The number of benzene rings is 1. The molecule has 18 heavy (non-hydrogen) atoms. The average molecular weight is 266 g/mol. The van der Waals surface area contributed by atoms with Crippen molar-refractivity contribution in [3.63, 3.8) is 0 Å². The van der Waals surface area contributed by atoms with E-state index in [-0.39, 0.29) is 0 Å². The monoisotopic (exact) mass is 266 g/mol. The molecule has 0 spiro atoms. The van der Waals surface area contributed by atoms with Gasteiger partial charge in [-0.2, -0.15) is 11.8 Å². The van der Waals surface area contributed by atoms with Gasteiger partial charge in [-0.05, 0) is 56.5 Å². The molecule has 1 aromatic carbocycles. The van der Waals surface area contributed by atoms with E-state index in [9.17, 15) is 0 Å². The molecule has 0 saturated carbocycles. The number of rotatable bonds is 8. The summed E-state index contributed by atoms with van der Waals surface area (Å²) in [5, 5.41) is 0. The first-order valence-electron chi connectivity index (χ1n) is 6.65. The summed E-state index contributed by atoms with van der Waals surface area (Å²) in [4.78, 5) is 2.44. The maximum atomic E-state index is 5.67. The van der Waals surface area contributed by atoms with Crippen molar-refractivity contribution in [3.8, 4) is 0 Å². The summed E-state index contributed by atoms with van der Waals surface area (Å²) < 4.78 is 0. The molecule has 1 unspecified atom stereocenters. The van der Waals surface area contributed by atoms with Gasteiger partial charge in [0.15, 0.2) is 0 Å². The van der Waals surface area contributed by atoms with Crippen LogP contribution in [0.5, 0.6) is 0 Å². The number of thioether (sulfide) groups is 1. The normalized spacial score (nSPS) is 12.9. The molecule has 0 aliphatic heterocycles. The second-order valence-corrected chi connectivity index (χ2v) is 5.84. The van der Waals surface area contributed by atoms with Gasteiger partial charge in [0.2, 0.25) is 0 Å². The average Bonchev–Trinajstić information content (AvgIpc) is 2.38. The van der Waals surface area contributed by atoms with Gasteiger partial charge in [-0.3, -0.25) is 4.90 Å². The summed E-state index contributed by atoms with van der Waals surface area (Å²) >= 11 is 1.92. The molecule has 1 atom stereocenters. The van der Waals surface area contributed by atoms with Crippen LogP contribution in [0.15, 0.2) is 24.3 Å². The van der Waals surface area contributed by atoms with Gasteiger partial charge in [-0.1, -0.05) is 24.3 Å². The lowest BCUT2D eigenvalue weighted by Crippen LogP contribution is -2.29. The summed E-state index contributed by atoms with van der Waals surface area (Å²) in [6.45, 7) is 4.05. The lowest BCUT2D eigenvalue weighted by molar-refractivity contribution is 0.244. The largest absolute Gasteiger partial charge is 0.330 e. The van der Waals surface area contributed by atoms with Gasteiger partial charge in [0.25, 0.3) is 0 Å². The van der Waals surface area contributed by atoms with E-state index >= 15 is 0 Å². The molecule has 0 amide bonds. The molecule has 0 saturated heterocycles. The molecule has 0 aliphatic carbocycles. The van der Waals surface area contributed by atoms with Crippen LogP contribution >= 0.6 is 11.8 Å². The zero-order valence-corrected chi connectivity index (χ0v) is 12.7. The van der Waals surface area contributed by atoms with Gasteiger partial charge in [0.05, 0.1) is 0 Å². The lowest BCUT2D eigenvalue weighted by Gasteiger charge is -2.25. The van der Waals surface area contributed by atoms with Crippen LogP contribution in [0.25, 0.3) is 0 Å². The van der Waals surface area contributed by atoms with Crippen molar-refractivity contribution < 1.29 is 0 Å². The minimum atomic E-state index is 0.628. The van der Waals surface area contributed by atoms with Crippen molar-refractivity contribution in [2.75, 3.05) is 25.6 Å². The molecule has 1 aromatic rings. The van der Waals surface area contributed by atoms with Gasteiger partial charge in [0, 0.05) is 12.6 Å². The van der Waals surface area contributed by atoms with Crippen LogP contribution < -0.4 is 5.73 Å². The van der Waals surface area contributed by atoms with Crippen LogP contribution in [-0.4, -0.2) is 36.5 Å². The Balaban J connectivity index is 2.60. The van der Waals surface area contributed by atoms with E-state index in [4.69, 9.17) is 5.73 Å². The zero-order chi connectivity index (χ0) is 13.4. The van der Waals surface area contributed by atoms with Gasteiger partial charge < -0.3 is 5.73 Å². The number of hydrogen-bond donors (Lipinski definition) is 1. The van der Waals surface area contributed by atoms with Crippen molar-refractivity contribution in [2.45, 2.75) is 32.4 Å². The SMILES string of the molecule is CSCCC(C)N(C)Cc1ccccc1CCN. The summed E-state index contributed by atoms with van der Waals surface area (Å²) in [6, 6.07) is 9.27. The molecule has 1 rings (SSSR count). The first-order chi connectivity index (χ1) is 8.69. The second-order valence-electron chi connectivity index (χ2n) is 4.85. The predicted molar refractivity (Wildman–Crippen MR) is 83.1 cm³/mol. The maximum absolute atomic E-state index is 5.67. The van der Waals surface area contributed by atoms with Crippen molar-refractivity contribution in [2.24, 2.45) is 5.73 Å². The molecule has 0 heterocycles. The van der Waals surface area contributed by atoms with E-state index in [1.54, 1.807) is 0 Å². The molecular weight excluding hydrogens is 240 g/mol. The Morgan fingerprint density at radius 1 is 1.28 bits per heavy atom. The van der Waals surface area contributed by atoms with Gasteiger partial charge in [0.1, 0.15) is 0 Å². The number of nitrogens with two attached hydrogens (primary N) is 1. The Hall–Kier alpha value is -0.510. The van der Waals surface area contributed by atoms with Gasteiger partial charge >= 0.3 is 0 Å². The quantitative estimate of drug-likeness (QED) is 0.784. The molecule has 0 radical (unpaired) electrons. The first kappa shape index (κ1) is 15.5. The Labute approximate surface area is 116 Å². The summed E-state index contributed by atoms with van der Waals surface area (Å²) in [5.41, 5.74) is 8.48. The van der Waals surface area contributed by atoms with E-state index < -0.39 is 0 Å². The van der Waals surface area contributed by atoms with Crippen molar-refractivity contribution >= 4 is 11.8 Å². The predicted octanol–water partition coefficient (Wildman–Crippen LogP) is 2.76. The minimum Gasteiger partial charge on any atom is -0.330 e. The highest BCUT2D eigenvalue weighted by atomic mass is 32.2. The van der Waals surface area contributed by atoms with E-state index in [0.29, 0.717) is 6.04 Å². The molecule has 102 valence electrons. The van der Waals surface area contributed by atoms with Crippen LogP contribution in [0.3, 0.4) is 0 Å². The lowest BCUT2D eigenvalue weighted by atomic mass is 10.0. The fourth-order valence-corrected chi connectivity index (χ4v) is 2.62. The smallest absolute Gasteiger partial charge is 0.0236 e. The number of nitrogens with zero attached hydrogens (tertiary/aromatic N) is 1. The second kappa shape index (κ2) is 8.57.